The average Bonchev–Trinajstić information content (AvgIpc) is 3.39. The van der Waals surface area contributed by atoms with Crippen LogP contribution in [0.3, 0.4) is 0 Å². The predicted molar refractivity (Wildman–Crippen MR) is 88.7 cm³/mol. The molecule has 0 aromatic heterocycles. The van der Waals surface area contributed by atoms with Gasteiger partial charge in [0.15, 0.2) is 6.04 Å². The average molecular weight is 319 g/mol. The quantitative estimate of drug-likeness (QED) is 0.607. The van der Waals surface area contributed by atoms with E-state index >= 15 is 0 Å². The first-order valence-electron chi connectivity index (χ1n) is 8.77. The highest BCUT2D eigenvalue weighted by Gasteiger charge is 2.33. The van der Waals surface area contributed by atoms with Crippen molar-refractivity contribution >= 4 is 5.91 Å². The van der Waals surface area contributed by atoms with Gasteiger partial charge in [0, 0.05) is 11.6 Å². The van der Waals surface area contributed by atoms with E-state index in [1.54, 1.807) is 12.0 Å². The first kappa shape index (κ1) is 16.3. The molecule has 0 bridgehead atoms. The number of ether oxygens (including phenoxy) is 1. The third-order valence-electron chi connectivity index (χ3n) is 5.14. The Labute approximate surface area is 138 Å². The summed E-state index contributed by atoms with van der Waals surface area (Å²) in [4.78, 5) is 15.2. The summed E-state index contributed by atoms with van der Waals surface area (Å²) in [5, 5.41) is 3.13. The zero-order chi connectivity index (χ0) is 16.2. The lowest BCUT2D eigenvalue weighted by atomic mass is 10.1. The van der Waals surface area contributed by atoms with Crippen molar-refractivity contribution in [2.24, 2.45) is 0 Å². The topological polar surface area (TPSA) is 47.2 Å². The van der Waals surface area contributed by atoms with Crippen molar-refractivity contribution in [2.75, 3.05) is 33.3 Å². The van der Waals surface area contributed by atoms with E-state index in [0.717, 1.165) is 51.3 Å². The summed E-state index contributed by atoms with van der Waals surface area (Å²) in [5.74, 6) is 1.15. The molecule has 23 heavy (non-hydrogen) atoms. The Morgan fingerprint density at radius 2 is 1.87 bits per heavy atom. The normalized spacial score (nSPS) is 25.7. The van der Waals surface area contributed by atoms with Crippen LogP contribution in [-0.2, 0) is 11.3 Å². The number of methoxy groups -OCH3 is 1. The molecule has 2 aliphatic rings. The van der Waals surface area contributed by atoms with Crippen LogP contribution in [0.15, 0.2) is 24.3 Å². The van der Waals surface area contributed by atoms with Gasteiger partial charge in [-0.25, -0.2) is 0 Å². The van der Waals surface area contributed by atoms with Crippen LogP contribution in [0.2, 0.25) is 0 Å². The minimum absolute atomic E-state index is 0.0816. The van der Waals surface area contributed by atoms with Gasteiger partial charge in [-0.15, -0.1) is 0 Å². The van der Waals surface area contributed by atoms with Crippen LogP contribution < -0.4 is 19.9 Å². The number of rotatable bonds is 6. The maximum absolute atomic E-state index is 12.2. The van der Waals surface area contributed by atoms with Crippen LogP contribution in [0.4, 0.5) is 0 Å². The molecular formula is C18H29N3O2+2. The molecule has 2 fully saturated rings. The summed E-state index contributed by atoms with van der Waals surface area (Å²) in [6.07, 6.45) is 2.32. The molecule has 5 nitrogen and oxygen atoms in total. The van der Waals surface area contributed by atoms with Gasteiger partial charge in [0.25, 0.3) is 5.91 Å². The third-order valence-corrected chi connectivity index (χ3v) is 5.14. The number of carbonyl (C=O) groups is 1. The van der Waals surface area contributed by atoms with E-state index in [9.17, 15) is 4.79 Å². The van der Waals surface area contributed by atoms with Crippen molar-refractivity contribution < 1.29 is 19.3 Å². The van der Waals surface area contributed by atoms with Crippen LogP contribution in [0, 0.1) is 0 Å². The third kappa shape index (κ3) is 4.45. The van der Waals surface area contributed by atoms with E-state index in [2.05, 4.69) is 24.4 Å². The van der Waals surface area contributed by atoms with Crippen molar-refractivity contribution in [3.8, 4) is 5.75 Å². The Hall–Kier alpha value is -1.59. The lowest BCUT2D eigenvalue weighted by molar-refractivity contribution is -1.02. The molecule has 1 amide bonds. The molecule has 1 aliphatic heterocycles. The second kappa shape index (κ2) is 7.32. The van der Waals surface area contributed by atoms with Crippen LogP contribution in [0.5, 0.6) is 5.75 Å². The largest absolute Gasteiger partial charge is 0.497 e. The second-order valence-corrected chi connectivity index (χ2v) is 6.94. The molecule has 3 rings (SSSR count). The Morgan fingerprint density at radius 3 is 2.43 bits per heavy atom. The van der Waals surface area contributed by atoms with E-state index in [-0.39, 0.29) is 11.9 Å². The zero-order valence-corrected chi connectivity index (χ0v) is 14.2. The summed E-state index contributed by atoms with van der Waals surface area (Å²) in [5.41, 5.74) is 1.35. The highest BCUT2D eigenvalue weighted by Crippen LogP contribution is 2.18. The van der Waals surface area contributed by atoms with Gasteiger partial charge in [-0.05, 0) is 44.0 Å². The Bertz CT molecular complexity index is 520. The maximum Gasteiger partial charge on any atom is 0.278 e. The molecular weight excluding hydrogens is 290 g/mol. The molecule has 3 N–H and O–H groups in total. The Balaban J connectivity index is 1.44. The van der Waals surface area contributed by atoms with E-state index in [0.29, 0.717) is 6.04 Å². The summed E-state index contributed by atoms with van der Waals surface area (Å²) in [6.45, 7) is 7.53. The van der Waals surface area contributed by atoms with E-state index < -0.39 is 0 Å². The molecule has 1 aromatic rings. The van der Waals surface area contributed by atoms with Gasteiger partial charge < -0.3 is 19.9 Å². The van der Waals surface area contributed by atoms with E-state index in [1.165, 1.54) is 10.5 Å². The smallest absolute Gasteiger partial charge is 0.278 e. The molecule has 1 saturated carbocycles. The maximum atomic E-state index is 12.2. The van der Waals surface area contributed by atoms with E-state index in [4.69, 9.17) is 4.74 Å². The molecule has 1 aliphatic carbocycles. The van der Waals surface area contributed by atoms with Gasteiger partial charge in [-0.3, -0.25) is 4.79 Å². The molecule has 0 radical (unpaired) electrons. The highest BCUT2D eigenvalue weighted by atomic mass is 16.5. The van der Waals surface area contributed by atoms with Crippen LogP contribution in [0.1, 0.15) is 25.3 Å². The second-order valence-electron chi connectivity index (χ2n) is 6.94. The lowest BCUT2D eigenvalue weighted by Crippen LogP contribution is -3.29. The van der Waals surface area contributed by atoms with Crippen LogP contribution in [0.25, 0.3) is 0 Å². The number of nitrogens with one attached hydrogen (secondary N) is 3. The molecule has 1 atom stereocenters. The zero-order valence-electron chi connectivity index (χ0n) is 14.2. The van der Waals surface area contributed by atoms with Crippen LogP contribution >= 0.6 is 0 Å². The minimum Gasteiger partial charge on any atom is -0.497 e. The van der Waals surface area contributed by atoms with Crippen molar-refractivity contribution in [3.63, 3.8) is 0 Å². The number of benzene rings is 1. The monoisotopic (exact) mass is 319 g/mol. The van der Waals surface area contributed by atoms with Gasteiger partial charge in [0.2, 0.25) is 0 Å². The molecule has 0 unspecified atom stereocenters. The number of hydrogen-bond donors (Lipinski definition) is 3. The summed E-state index contributed by atoms with van der Waals surface area (Å²) in [6, 6.07) is 8.90. The lowest BCUT2D eigenvalue weighted by Gasteiger charge is -2.32. The molecule has 0 spiro atoms. The summed E-state index contributed by atoms with van der Waals surface area (Å²) in [7, 11) is 1.70. The molecule has 5 heteroatoms. The van der Waals surface area contributed by atoms with Gasteiger partial charge in [-0.2, -0.15) is 0 Å². The van der Waals surface area contributed by atoms with E-state index in [1.807, 2.05) is 12.1 Å². The molecule has 126 valence electrons. The number of amides is 1. The summed E-state index contributed by atoms with van der Waals surface area (Å²) >= 11 is 0. The van der Waals surface area contributed by atoms with Crippen molar-refractivity contribution in [1.29, 1.82) is 0 Å². The van der Waals surface area contributed by atoms with Crippen molar-refractivity contribution in [2.45, 2.75) is 38.4 Å². The summed E-state index contributed by atoms with van der Waals surface area (Å²) < 4.78 is 5.21. The van der Waals surface area contributed by atoms with Gasteiger partial charge >= 0.3 is 0 Å². The first-order chi connectivity index (χ1) is 11.2. The predicted octanol–water partition coefficient (Wildman–Crippen LogP) is -1.35. The molecule has 1 aromatic carbocycles. The highest BCUT2D eigenvalue weighted by molar-refractivity contribution is 5.80. The van der Waals surface area contributed by atoms with Crippen LogP contribution in [-0.4, -0.2) is 51.3 Å². The standard InChI is InChI=1S/C18H27N3O2/c1-14(18(22)19-16-5-6-16)21-11-9-20(10-12-21)13-15-3-7-17(23-2)8-4-15/h3-4,7-8,14,16H,5-6,9-13H2,1-2H3,(H,19,22)/p+2/t14-/m0/s1. The number of hydrogen-bond acceptors (Lipinski definition) is 2. The number of quaternary nitrogens is 2. The fourth-order valence-corrected chi connectivity index (χ4v) is 3.31. The SMILES string of the molecule is COc1ccc(C[NH+]2CC[NH+]([C@@H](C)C(=O)NC3CC3)CC2)cc1. The molecule has 1 saturated heterocycles. The fourth-order valence-electron chi connectivity index (χ4n) is 3.31. The Morgan fingerprint density at radius 1 is 1.22 bits per heavy atom. The Kier molecular flexibility index (Phi) is 5.18. The van der Waals surface area contributed by atoms with Crippen molar-refractivity contribution in [1.82, 2.24) is 5.32 Å². The number of carbonyl (C=O) groups excluding carboxylic acids is 1. The first-order valence-corrected chi connectivity index (χ1v) is 8.77. The molecule has 1 heterocycles. The van der Waals surface area contributed by atoms with Gasteiger partial charge in [-0.1, -0.05) is 0 Å². The number of piperazine rings is 1. The van der Waals surface area contributed by atoms with Crippen molar-refractivity contribution in [3.05, 3.63) is 29.8 Å². The fraction of sp³-hybridized carbons (Fsp3) is 0.611. The minimum atomic E-state index is 0.0816. The van der Waals surface area contributed by atoms with Gasteiger partial charge in [0.05, 0.1) is 7.11 Å². The van der Waals surface area contributed by atoms with Gasteiger partial charge in [0.1, 0.15) is 38.5 Å².